The van der Waals surface area contributed by atoms with Crippen molar-refractivity contribution < 1.29 is 23.9 Å². The van der Waals surface area contributed by atoms with Gasteiger partial charge in [-0.15, -0.1) is 0 Å². The van der Waals surface area contributed by atoms with Gasteiger partial charge in [0.1, 0.15) is 5.82 Å². The molecule has 182 valence electrons. The number of carboxylic acid groups (broad SMARTS) is 1. The Bertz CT molecular complexity index is 1370. The van der Waals surface area contributed by atoms with Gasteiger partial charge in [-0.05, 0) is 47.7 Å². The number of hydrogen-bond acceptors (Lipinski definition) is 4. The van der Waals surface area contributed by atoms with E-state index in [2.05, 4.69) is 5.32 Å². The number of carboxylic acids is 1. The first-order valence-corrected chi connectivity index (χ1v) is 11.9. The summed E-state index contributed by atoms with van der Waals surface area (Å²) in [4.78, 5) is 40.1. The van der Waals surface area contributed by atoms with Crippen LogP contribution in [0.1, 0.15) is 48.8 Å². The van der Waals surface area contributed by atoms with Gasteiger partial charge in [0, 0.05) is 24.1 Å². The molecule has 0 radical (unpaired) electrons. The predicted octanol–water partition coefficient (Wildman–Crippen LogP) is 5.59. The van der Waals surface area contributed by atoms with Gasteiger partial charge in [0.15, 0.2) is 5.78 Å². The number of carbonyl (C=O) groups is 3. The Morgan fingerprint density at radius 2 is 1.64 bits per heavy atom. The van der Waals surface area contributed by atoms with Gasteiger partial charge in [-0.1, -0.05) is 54.6 Å². The number of aliphatic carboxylic acids is 1. The normalized spacial score (nSPS) is 19.1. The van der Waals surface area contributed by atoms with Gasteiger partial charge < -0.3 is 10.4 Å². The highest BCUT2D eigenvalue weighted by Crippen LogP contribution is 2.47. The van der Waals surface area contributed by atoms with Crippen LogP contribution in [0, 0.1) is 5.82 Å². The van der Waals surface area contributed by atoms with Crippen LogP contribution in [0.3, 0.4) is 0 Å². The molecule has 0 aromatic heterocycles. The number of halogens is 1. The van der Waals surface area contributed by atoms with E-state index < -0.39 is 23.7 Å². The fourth-order valence-electron chi connectivity index (χ4n) is 5.15. The fourth-order valence-corrected chi connectivity index (χ4v) is 5.15. The Morgan fingerprint density at radius 1 is 0.917 bits per heavy atom. The van der Waals surface area contributed by atoms with Crippen LogP contribution < -0.4 is 10.2 Å². The molecule has 1 amide bonds. The second-order valence-corrected chi connectivity index (χ2v) is 9.09. The summed E-state index contributed by atoms with van der Waals surface area (Å²) in [7, 11) is 0. The summed E-state index contributed by atoms with van der Waals surface area (Å²) >= 11 is 0. The maximum atomic E-state index is 14.4. The second-order valence-electron chi connectivity index (χ2n) is 9.09. The van der Waals surface area contributed by atoms with Crippen LogP contribution in [0.15, 0.2) is 90.1 Å². The molecule has 7 heteroatoms. The van der Waals surface area contributed by atoms with E-state index in [1.54, 1.807) is 24.3 Å². The number of rotatable bonds is 5. The molecule has 3 aromatic carbocycles. The Balaban J connectivity index is 1.69. The first-order valence-electron chi connectivity index (χ1n) is 11.9. The molecule has 6 nitrogen and oxygen atoms in total. The van der Waals surface area contributed by atoms with Gasteiger partial charge in [0.05, 0.1) is 23.8 Å². The number of benzene rings is 3. The minimum Gasteiger partial charge on any atom is -0.481 e. The lowest BCUT2D eigenvalue weighted by atomic mass is 9.78. The lowest BCUT2D eigenvalue weighted by molar-refractivity contribution is -0.138. The van der Waals surface area contributed by atoms with Crippen molar-refractivity contribution in [2.24, 2.45) is 0 Å². The molecule has 0 fully saturated rings. The molecule has 0 spiro atoms. The van der Waals surface area contributed by atoms with Crippen molar-refractivity contribution in [2.75, 3.05) is 10.2 Å². The van der Waals surface area contributed by atoms with Gasteiger partial charge in [0.2, 0.25) is 5.91 Å². The van der Waals surface area contributed by atoms with Crippen molar-refractivity contribution >= 4 is 29.0 Å². The standard InChI is InChI=1S/C29H25FN2O4/c30-21-10-6-9-19(15-21)29-28-23(16-20(17-25(28)33)18-7-2-1-3-8-18)31-22-11-4-5-12-24(22)32(29)26(34)13-14-27(35)36/h1-12,15,20,29,31H,13-14,16-17H2,(H,35,36)/t20-,29+/m0/s1. The smallest absolute Gasteiger partial charge is 0.303 e. The number of Topliss-reactive ketones (excluding diaryl/α,β-unsaturated/α-hetero) is 1. The topological polar surface area (TPSA) is 86.7 Å². The fraction of sp³-hybridized carbons (Fsp3) is 0.207. The van der Waals surface area contributed by atoms with Gasteiger partial charge in [-0.25, -0.2) is 4.39 Å². The molecule has 0 unspecified atom stereocenters. The van der Waals surface area contributed by atoms with Crippen LogP contribution in [0.4, 0.5) is 15.8 Å². The van der Waals surface area contributed by atoms with Crippen molar-refractivity contribution in [3.8, 4) is 0 Å². The maximum absolute atomic E-state index is 14.4. The van der Waals surface area contributed by atoms with Crippen LogP contribution in [0.5, 0.6) is 0 Å². The minimum atomic E-state index is -1.09. The highest BCUT2D eigenvalue weighted by molar-refractivity contribution is 6.06. The lowest BCUT2D eigenvalue weighted by Crippen LogP contribution is -2.38. The van der Waals surface area contributed by atoms with E-state index in [1.807, 2.05) is 42.5 Å². The molecule has 2 aliphatic rings. The van der Waals surface area contributed by atoms with Crippen LogP contribution >= 0.6 is 0 Å². The number of fused-ring (bicyclic) bond motifs is 1. The molecular formula is C29H25FN2O4. The van der Waals surface area contributed by atoms with E-state index in [4.69, 9.17) is 0 Å². The summed E-state index contributed by atoms with van der Waals surface area (Å²) in [6.07, 6.45) is 0.196. The van der Waals surface area contributed by atoms with Crippen molar-refractivity contribution in [3.63, 3.8) is 0 Å². The van der Waals surface area contributed by atoms with Gasteiger partial charge >= 0.3 is 5.97 Å². The molecule has 2 N–H and O–H groups in total. The summed E-state index contributed by atoms with van der Waals surface area (Å²) in [6.45, 7) is 0. The SMILES string of the molecule is O=C(O)CCC(=O)N1c2ccccc2NC2=C(C(=O)C[C@@H](c3ccccc3)C2)[C@H]1c1cccc(F)c1. The molecule has 3 aromatic rings. The zero-order valence-corrected chi connectivity index (χ0v) is 19.5. The largest absolute Gasteiger partial charge is 0.481 e. The molecule has 2 atom stereocenters. The van der Waals surface area contributed by atoms with Crippen LogP contribution in [0.25, 0.3) is 0 Å². The van der Waals surface area contributed by atoms with Gasteiger partial charge in [-0.3, -0.25) is 19.3 Å². The highest BCUT2D eigenvalue weighted by atomic mass is 19.1. The Kier molecular flexibility index (Phi) is 6.38. The van der Waals surface area contributed by atoms with E-state index in [-0.39, 0.29) is 31.0 Å². The number of ketones is 1. The highest BCUT2D eigenvalue weighted by Gasteiger charge is 2.41. The average molecular weight is 485 g/mol. The number of amides is 1. The number of para-hydroxylation sites is 2. The lowest BCUT2D eigenvalue weighted by Gasteiger charge is -2.35. The van der Waals surface area contributed by atoms with Crippen molar-refractivity contribution in [1.29, 1.82) is 0 Å². The van der Waals surface area contributed by atoms with Gasteiger partial charge in [0.25, 0.3) is 0 Å². The van der Waals surface area contributed by atoms with Crippen LogP contribution in [-0.2, 0) is 14.4 Å². The minimum absolute atomic E-state index is 0.0421. The third-order valence-corrected chi connectivity index (χ3v) is 6.75. The Labute approximate surface area is 208 Å². The summed E-state index contributed by atoms with van der Waals surface area (Å²) in [5.74, 6) is -2.20. The first-order chi connectivity index (χ1) is 17.4. The summed E-state index contributed by atoms with van der Waals surface area (Å²) in [5, 5.41) is 12.6. The van der Waals surface area contributed by atoms with E-state index in [9.17, 15) is 23.9 Å². The number of nitrogens with zero attached hydrogens (tertiary/aromatic N) is 1. The number of anilines is 2. The van der Waals surface area contributed by atoms with Gasteiger partial charge in [-0.2, -0.15) is 0 Å². The number of nitrogens with one attached hydrogen (secondary N) is 1. The summed E-state index contributed by atoms with van der Waals surface area (Å²) in [6, 6.07) is 22.0. The summed E-state index contributed by atoms with van der Waals surface area (Å²) < 4.78 is 14.4. The predicted molar refractivity (Wildman–Crippen MR) is 134 cm³/mol. The first kappa shape index (κ1) is 23.5. The molecule has 0 saturated heterocycles. The average Bonchev–Trinajstić information content (AvgIpc) is 3.02. The van der Waals surface area contributed by atoms with Crippen LogP contribution in [0.2, 0.25) is 0 Å². The zero-order valence-electron chi connectivity index (χ0n) is 19.5. The third kappa shape index (κ3) is 4.52. The molecular weight excluding hydrogens is 459 g/mol. The van der Waals surface area contributed by atoms with Crippen molar-refractivity contribution in [2.45, 2.75) is 37.6 Å². The summed E-state index contributed by atoms with van der Waals surface area (Å²) in [5.41, 5.74) is 3.75. The van der Waals surface area contributed by atoms with Crippen molar-refractivity contribution in [3.05, 3.63) is 107 Å². The van der Waals surface area contributed by atoms with E-state index in [0.29, 0.717) is 34.6 Å². The molecule has 36 heavy (non-hydrogen) atoms. The third-order valence-electron chi connectivity index (χ3n) is 6.75. The molecule has 1 heterocycles. The van der Waals surface area contributed by atoms with Crippen molar-refractivity contribution in [1.82, 2.24) is 0 Å². The van der Waals surface area contributed by atoms with E-state index >= 15 is 0 Å². The molecule has 1 aliphatic carbocycles. The number of allylic oxidation sites excluding steroid dienone is 1. The molecule has 5 rings (SSSR count). The molecule has 1 aliphatic heterocycles. The van der Waals surface area contributed by atoms with E-state index in [1.165, 1.54) is 17.0 Å². The maximum Gasteiger partial charge on any atom is 0.303 e. The van der Waals surface area contributed by atoms with E-state index in [0.717, 1.165) is 5.56 Å². The van der Waals surface area contributed by atoms with Crippen LogP contribution in [-0.4, -0.2) is 22.8 Å². The second kappa shape index (κ2) is 9.77. The Morgan fingerprint density at radius 3 is 2.39 bits per heavy atom. The Hall–Kier alpha value is -4.26. The monoisotopic (exact) mass is 484 g/mol. The quantitative estimate of drug-likeness (QED) is 0.493. The number of hydrogen-bond donors (Lipinski definition) is 2. The number of carbonyl (C=O) groups excluding carboxylic acids is 2. The zero-order chi connectivity index (χ0) is 25.2. The molecule has 0 bridgehead atoms. The molecule has 0 saturated carbocycles.